The normalized spacial score (nSPS) is 10.9. The molecule has 0 atom stereocenters. The van der Waals surface area contributed by atoms with E-state index in [1.165, 1.54) is 0 Å². The van der Waals surface area contributed by atoms with Crippen molar-refractivity contribution in [2.75, 3.05) is 6.54 Å². The number of ether oxygens (including phenoxy) is 1. The van der Waals surface area contributed by atoms with Gasteiger partial charge in [0.2, 0.25) is 0 Å². The van der Waals surface area contributed by atoms with Gasteiger partial charge in [0, 0.05) is 10.9 Å². The zero-order valence-electron chi connectivity index (χ0n) is 12.4. The second-order valence-corrected chi connectivity index (χ2v) is 5.81. The molecule has 2 aromatic rings. The molecule has 0 unspecified atom stereocenters. The molecule has 1 aromatic heterocycles. The van der Waals surface area contributed by atoms with Gasteiger partial charge >= 0.3 is 0 Å². The lowest BCUT2D eigenvalue weighted by atomic mass is 10.1. The Morgan fingerprint density at radius 3 is 2.86 bits per heavy atom. The maximum absolute atomic E-state index is 5.88. The molecule has 5 nitrogen and oxygen atoms in total. The van der Waals surface area contributed by atoms with Crippen molar-refractivity contribution >= 4 is 15.9 Å². The van der Waals surface area contributed by atoms with Crippen molar-refractivity contribution in [3.63, 3.8) is 0 Å². The molecule has 6 heteroatoms. The first-order valence-electron chi connectivity index (χ1n) is 7.07. The Morgan fingerprint density at radius 2 is 2.14 bits per heavy atom. The number of benzene rings is 1. The number of nitrogens with zero attached hydrogens (tertiary/aromatic N) is 2. The van der Waals surface area contributed by atoms with E-state index in [0.717, 1.165) is 46.4 Å². The number of aromatic nitrogens is 2. The number of hydrogen-bond acceptors (Lipinski definition) is 5. The summed E-state index contributed by atoms with van der Waals surface area (Å²) < 4.78 is 12.1. The average Bonchev–Trinajstić information content (AvgIpc) is 2.86. The van der Waals surface area contributed by atoms with Crippen molar-refractivity contribution < 1.29 is 9.26 Å². The molecular weight excluding hydrogens is 334 g/mol. The Morgan fingerprint density at radius 1 is 1.33 bits per heavy atom. The molecule has 1 aromatic carbocycles. The van der Waals surface area contributed by atoms with Crippen molar-refractivity contribution in [3.05, 3.63) is 39.4 Å². The summed E-state index contributed by atoms with van der Waals surface area (Å²) in [6.45, 7) is 4.94. The lowest BCUT2D eigenvalue weighted by Crippen LogP contribution is -2.07. The molecule has 0 saturated carbocycles. The quantitative estimate of drug-likeness (QED) is 0.827. The predicted octanol–water partition coefficient (Wildman–Crippen LogP) is 3.17. The molecule has 0 spiro atoms. The molecule has 0 aliphatic heterocycles. The summed E-state index contributed by atoms with van der Waals surface area (Å²) in [5, 5.41) is 3.92. The average molecular weight is 354 g/mol. The van der Waals surface area contributed by atoms with Crippen LogP contribution in [0.2, 0.25) is 0 Å². The number of hydrogen-bond donors (Lipinski definition) is 1. The third kappa shape index (κ3) is 4.28. The summed E-state index contributed by atoms with van der Waals surface area (Å²) in [7, 11) is 0. The van der Waals surface area contributed by atoms with E-state index in [1.54, 1.807) is 0 Å². The van der Waals surface area contributed by atoms with Crippen LogP contribution in [0.25, 0.3) is 0 Å². The monoisotopic (exact) mass is 353 g/mol. The van der Waals surface area contributed by atoms with E-state index in [0.29, 0.717) is 12.4 Å². The molecule has 0 radical (unpaired) electrons. The van der Waals surface area contributed by atoms with E-state index in [2.05, 4.69) is 33.0 Å². The summed E-state index contributed by atoms with van der Waals surface area (Å²) in [4.78, 5) is 4.30. The second-order valence-electron chi connectivity index (χ2n) is 4.89. The molecule has 0 fully saturated rings. The van der Waals surface area contributed by atoms with E-state index in [-0.39, 0.29) is 6.61 Å². The highest BCUT2D eigenvalue weighted by Crippen LogP contribution is 2.29. The number of nitrogens with two attached hydrogens (primary N) is 1. The van der Waals surface area contributed by atoms with E-state index in [9.17, 15) is 0 Å². The zero-order valence-corrected chi connectivity index (χ0v) is 13.9. The molecule has 0 saturated heterocycles. The molecule has 2 rings (SSSR count). The zero-order chi connectivity index (χ0) is 15.2. The van der Waals surface area contributed by atoms with Crippen LogP contribution in [0, 0.1) is 6.92 Å². The molecular formula is C15H20BrN3O2. The Bertz CT molecular complexity index is 599. The standard InChI is InChI=1S/C15H20BrN3O2/c1-3-4-13-18-14(21-19-13)9-20-15-10(2)7-12(16)8-11(15)5-6-17/h7-8H,3-6,9,17H2,1-2H3. The van der Waals surface area contributed by atoms with Crippen LogP contribution in [-0.2, 0) is 19.4 Å². The highest BCUT2D eigenvalue weighted by molar-refractivity contribution is 9.10. The largest absolute Gasteiger partial charge is 0.483 e. The van der Waals surface area contributed by atoms with Crippen LogP contribution >= 0.6 is 15.9 Å². The molecule has 2 N–H and O–H groups in total. The lowest BCUT2D eigenvalue weighted by Gasteiger charge is -2.13. The van der Waals surface area contributed by atoms with Crippen molar-refractivity contribution in [3.8, 4) is 5.75 Å². The summed E-state index contributed by atoms with van der Waals surface area (Å²) in [5.41, 5.74) is 7.80. The van der Waals surface area contributed by atoms with Gasteiger partial charge in [0.1, 0.15) is 5.75 Å². The number of rotatable bonds is 7. The number of aryl methyl sites for hydroxylation is 2. The minimum absolute atomic E-state index is 0.275. The lowest BCUT2D eigenvalue weighted by molar-refractivity contribution is 0.239. The minimum Gasteiger partial charge on any atom is -0.483 e. The molecule has 114 valence electrons. The fraction of sp³-hybridized carbons (Fsp3) is 0.467. The van der Waals surface area contributed by atoms with Crippen LogP contribution in [0.5, 0.6) is 5.75 Å². The van der Waals surface area contributed by atoms with Crippen LogP contribution in [0.1, 0.15) is 36.2 Å². The molecule has 0 aliphatic rings. The third-order valence-corrected chi connectivity index (χ3v) is 3.51. The maximum atomic E-state index is 5.88. The highest BCUT2D eigenvalue weighted by Gasteiger charge is 2.11. The van der Waals surface area contributed by atoms with Crippen molar-refractivity contribution in [1.29, 1.82) is 0 Å². The van der Waals surface area contributed by atoms with Gasteiger partial charge in [-0.2, -0.15) is 4.98 Å². The van der Waals surface area contributed by atoms with E-state index < -0.39 is 0 Å². The van der Waals surface area contributed by atoms with Crippen LogP contribution < -0.4 is 10.5 Å². The number of halogens is 1. The van der Waals surface area contributed by atoms with Gasteiger partial charge in [-0.15, -0.1) is 0 Å². The molecule has 0 bridgehead atoms. The predicted molar refractivity (Wildman–Crippen MR) is 84.3 cm³/mol. The summed E-state index contributed by atoms with van der Waals surface area (Å²) in [6, 6.07) is 4.05. The van der Waals surface area contributed by atoms with Gasteiger partial charge in [0.25, 0.3) is 5.89 Å². The summed E-state index contributed by atoms with van der Waals surface area (Å²) >= 11 is 3.50. The molecule has 0 aliphatic carbocycles. The molecule has 0 amide bonds. The first-order valence-corrected chi connectivity index (χ1v) is 7.86. The van der Waals surface area contributed by atoms with Crippen molar-refractivity contribution in [1.82, 2.24) is 10.1 Å². The second kappa shape index (κ2) is 7.56. The maximum Gasteiger partial charge on any atom is 0.264 e. The van der Waals surface area contributed by atoms with Crippen molar-refractivity contribution in [2.45, 2.75) is 39.7 Å². The minimum atomic E-state index is 0.275. The summed E-state index contributed by atoms with van der Waals surface area (Å²) in [5.74, 6) is 2.07. The fourth-order valence-corrected chi connectivity index (χ4v) is 2.77. The Hall–Kier alpha value is -1.40. The van der Waals surface area contributed by atoms with Crippen LogP contribution in [-0.4, -0.2) is 16.7 Å². The van der Waals surface area contributed by atoms with Gasteiger partial charge in [0.15, 0.2) is 12.4 Å². The third-order valence-electron chi connectivity index (χ3n) is 3.05. The SMILES string of the molecule is CCCc1noc(COc2c(C)cc(Br)cc2CCN)n1. The van der Waals surface area contributed by atoms with Crippen LogP contribution in [0.3, 0.4) is 0 Å². The first-order chi connectivity index (χ1) is 10.1. The van der Waals surface area contributed by atoms with Gasteiger partial charge in [-0.1, -0.05) is 28.0 Å². The van der Waals surface area contributed by atoms with Gasteiger partial charge in [0.05, 0.1) is 0 Å². The van der Waals surface area contributed by atoms with Gasteiger partial charge in [-0.25, -0.2) is 0 Å². The van der Waals surface area contributed by atoms with Crippen molar-refractivity contribution in [2.24, 2.45) is 5.73 Å². The van der Waals surface area contributed by atoms with Gasteiger partial charge < -0.3 is 15.0 Å². The fourth-order valence-electron chi connectivity index (χ4n) is 2.15. The Labute approximate surface area is 133 Å². The van der Waals surface area contributed by atoms with E-state index >= 15 is 0 Å². The van der Waals surface area contributed by atoms with E-state index in [4.69, 9.17) is 15.0 Å². The topological polar surface area (TPSA) is 74.2 Å². The van der Waals surface area contributed by atoms with Crippen LogP contribution in [0.4, 0.5) is 0 Å². The van der Waals surface area contributed by atoms with Crippen LogP contribution in [0.15, 0.2) is 21.1 Å². The van der Waals surface area contributed by atoms with E-state index in [1.807, 2.05) is 19.1 Å². The first kappa shape index (κ1) is 16.0. The Kier molecular flexibility index (Phi) is 5.76. The summed E-state index contributed by atoms with van der Waals surface area (Å²) in [6.07, 6.45) is 2.58. The van der Waals surface area contributed by atoms with Gasteiger partial charge in [-0.3, -0.25) is 0 Å². The van der Waals surface area contributed by atoms with Gasteiger partial charge in [-0.05, 0) is 49.6 Å². The smallest absolute Gasteiger partial charge is 0.264 e. The highest BCUT2D eigenvalue weighted by atomic mass is 79.9. The molecule has 21 heavy (non-hydrogen) atoms. The molecule has 1 heterocycles. The Balaban J connectivity index is 2.11.